The van der Waals surface area contributed by atoms with Gasteiger partial charge in [0.05, 0.1) is 18.0 Å². The molecule has 1 atom stereocenters. The molecule has 2 heterocycles. The van der Waals surface area contributed by atoms with Crippen molar-refractivity contribution in [3.8, 4) is 22.8 Å². The zero-order chi connectivity index (χ0) is 28.2. The van der Waals surface area contributed by atoms with Crippen LogP contribution in [0, 0.1) is 6.92 Å². The van der Waals surface area contributed by atoms with Crippen molar-refractivity contribution in [3.05, 3.63) is 94.3 Å². The number of methoxy groups -OCH3 is 1. The van der Waals surface area contributed by atoms with E-state index in [4.69, 9.17) is 4.74 Å². The Morgan fingerprint density at radius 1 is 1.05 bits per heavy atom. The quantitative estimate of drug-likeness (QED) is 0.279. The normalized spacial score (nSPS) is 12.3. The minimum absolute atomic E-state index is 0.107. The van der Waals surface area contributed by atoms with Gasteiger partial charge in [0, 0.05) is 23.9 Å². The number of nitrogens with zero attached hydrogens (tertiary/aromatic N) is 3. The molecule has 0 radical (unpaired) electrons. The molecule has 39 heavy (non-hydrogen) atoms. The van der Waals surface area contributed by atoms with Gasteiger partial charge in [-0.2, -0.15) is 4.98 Å². The van der Waals surface area contributed by atoms with E-state index >= 15 is 0 Å². The van der Waals surface area contributed by atoms with Gasteiger partial charge in [-0.1, -0.05) is 50.6 Å². The molecule has 0 aliphatic carbocycles. The predicted molar refractivity (Wildman–Crippen MR) is 150 cm³/mol. The van der Waals surface area contributed by atoms with Crippen LogP contribution in [-0.4, -0.2) is 35.2 Å². The van der Waals surface area contributed by atoms with E-state index in [1.54, 1.807) is 31.5 Å². The fourth-order valence-corrected chi connectivity index (χ4v) is 6.10. The van der Waals surface area contributed by atoms with Crippen molar-refractivity contribution in [2.24, 2.45) is 0 Å². The number of sulfone groups is 1. The third-order valence-electron chi connectivity index (χ3n) is 6.81. The number of rotatable bonds is 10. The number of unbranched alkanes of at least 4 members (excludes halogenated alkanes) is 1. The molecule has 0 spiro atoms. The summed E-state index contributed by atoms with van der Waals surface area (Å²) in [4.78, 5) is 21.7. The van der Waals surface area contributed by atoms with Crippen molar-refractivity contribution in [2.45, 2.75) is 62.3 Å². The molecule has 8 nitrogen and oxygen atoms in total. The zero-order valence-electron chi connectivity index (χ0n) is 22.6. The fourth-order valence-electron chi connectivity index (χ4n) is 4.75. The summed E-state index contributed by atoms with van der Waals surface area (Å²) in [5, 5.41) is 10.8. The second kappa shape index (κ2) is 11.8. The molecular weight excluding hydrogens is 514 g/mol. The smallest absolute Gasteiger partial charge is 0.277 e. The van der Waals surface area contributed by atoms with Gasteiger partial charge in [-0.05, 0) is 61.2 Å². The van der Waals surface area contributed by atoms with E-state index in [1.165, 1.54) is 16.7 Å². The van der Waals surface area contributed by atoms with E-state index in [-0.39, 0.29) is 4.90 Å². The van der Waals surface area contributed by atoms with Crippen molar-refractivity contribution in [3.63, 3.8) is 0 Å². The van der Waals surface area contributed by atoms with Gasteiger partial charge >= 0.3 is 0 Å². The average molecular weight is 548 g/mol. The third kappa shape index (κ3) is 5.59. The summed E-state index contributed by atoms with van der Waals surface area (Å²) in [5.74, 6) is 0.183. The highest BCUT2D eigenvalue weighted by Crippen LogP contribution is 2.31. The van der Waals surface area contributed by atoms with E-state index in [0.717, 1.165) is 35.2 Å². The highest BCUT2D eigenvalue weighted by molar-refractivity contribution is 7.91. The van der Waals surface area contributed by atoms with Crippen molar-refractivity contribution in [2.75, 3.05) is 7.11 Å². The number of hydrogen-bond acceptors (Lipinski definition) is 7. The van der Waals surface area contributed by atoms with E-state index in [9.17, 15) is 18.3 Å². The Hall–Kier alpha value is -3.98. The van der Waals surface area contributed by atoms with Gasteiger partial charge in [0.25, 0.3) is 5.56 Å². The molecule has 0 saturated carbocycles. The van der Waals surface area contributed by atoms with Crippen LogP contribution in [0.25, 0.3) is 11.1 Å². The molecule has 204 valence electrons. The summed E-state index contributed by atoms with van der Waals surface area (Å²) in [5.41, 5.74) is 2.46. The van der Waals surface area contributed by atoms with Crippen LogP contribution >= 0.6 is 0 Å². The van der Waals surface area contributed by atoms with Gasteiger partial charge in [-0.25, -0.2) is 8.42 Å². The van der Waals surface area contributed by atoms with Gasteiger partial charge in [-0.15, -0.1) is 0 Å². The van der Waals surface area contributed by atoms with Crippen LogP contribution in [0.5, 0.6) is 11.6 Å². The Bertz CT molecular complexity index is 1630. The number of benzene rings is 2. The van der Waals surface area contributed by atoms with Crippen LogP contribution in [0.15, 0.2) is 81.4 Å². The van der Waals surface area contributed by atoms with E-state index in [1.807, 2.05) is 51.1 Å². The van der Waals surface area contributed by atoms with Gasteiger partial charge in [0.15, 0.2) is 4.90 Å². The van der Waals surface area contributed by atoms with Crippen molar-refractivity contribution in [1.29, 1.82) is 0 Å². The topological polar surface area (TPSA) is 111 Å². The maximum absolute atomic E-state index is 14.0. The number of hydrogen-bond donors (Lipinski definition) is 1. The summed E-state index contributed by atoms with van der Waals surface area (Å²) in [6, 6.07) is 16.7. The zero-order valence-corrected chi connectivity index (χ0v) is 23.4. The van der Waals surface area contributed by atoms with Gasteiger partial charge in [0.1, 0.15) is 11.6 Å². The highest BCUT2D eigenvalue weighted by Gasteiger charge is 2.31. The monoisotopic (exact) mass is 547 g/mol. The first kappa shape index (κ1) is 28.0. The second-order valence-corrected chi connectivity index (χ2v) is 11.2. The van der Waals surface area contributed by atoms with E-state index < -0.39 is 32.2 Å². The van der Waals surface area contributed by atoms with E-state index in [0.29, 0.717) is 24.4 Å². The second-order valence-electron chi connectivity index (χ2n) is 9.32. The van der Waals surface area contributed by atoms with Crippen LogP contribution in [-0.2, 0) is 16.3 Å². The fraction of sp³-hybridized carbons (Fsp3) is 0.300. The summed E-state index contributed by atoms with van der Waals surface area (Å²) >= 11 is 0. The SMILES string of the molecule is CCCCc1nc(O)c(S(=O)(=O)c2ccc(-c3cccnc3C)cc2)c(=O)n1C(CC)c1cccc(OC)c1. The molecule has 9 heteroatoms. The lowest BCUT2D eigenvalue weighted by molar-refractivity contribution is 0.402. The number of aromatic nitrogens is 3. The Balaban J connectivity index is 1.87. The lowest BCUT2D eigenvalue weighted by Gasteiger charge is -2.23. The van der Waals surface area contributed by atoms with Crippen molar-refractivity contribution in [1.82, 2.24) is 14.5 Å². The first-order valence-corrected chi connectivity index (χ1v) is 14.5. The van der Waals surface area contributed by atoms with Gasteiger partial charge in [0.2, 0.25) is 15.7 Å². The first-order valence-electron chi connectivity index (χ1n) is 13.0. The van der Waals surface area contributed by atoms with Crippen molar-refractivity contribution >= 4 is 9.84 Å². The number of aromatic hydroxyl groups is 1. The number of pyridine rings is 1. The molecule has 0 aliphatic rings. The summed E-state index contributed by atoms with van der Waals surface area (Å²) in [6.07, 6.45) is 4.17. The Kier molecular flexibility index (Phi) is 8.50. The molecule has 2 aromatic carbocycles. The van der Waals surface area contributed by atoms with Crippen LogP contribution in [0.3, 0.4) is 0 Å². The molecule has 0 saturated heterocycles. The largest absolute Gasteiger partial charge is 0.497 e. The molecule has 4 rings (SSSR count). The molecule has 0 aliphatic heterocycles. The molecule has 2 aromatic heterocycles. The molecule has 1 unspecified atom stereocenters. The molecular formula is C30H33N3O5S. The standard InChI is InChI=1S/C30H33N3O5S/c1-5-7-13-27-32-29(34)28(30(35)33(27)26(6-2)22-10-8-11-23(19-22)38-4)39(36,37)24-16-14-21(15-17-24)25-12-9-18-31-20(25)3/h8-12,14-19,26,34H,5-7,13H2,1-4H3. The van der Waals surface area contributed by atoms with Crippen LogP contribution in [0.2, 0.25) is 0 Å². The Morgan fingerprint density at radius 2 is 1.79 bits per heavy atom. The predicted octanol–water partition coefficient (Wildman–Crippen LogP) is 5.50. The van der Waals surface area contributed by atoms with Crippen molar-refractivity contribution < 1.29 is 18.3 Å². The summed E-state index contributed by atoms with van der Waals surface area (Å²) in [6.45, 7) is 5.80. The molecule has 0 fully saturated rings. The lowest BCUT2D eigenvalue weighted by atomic mass is 10.0. The van der Waals surface area contributed by atoms with Crippen LogP contribution in [0.1, 0.15) is 56.2 Å². The molecule has 1 N–H and O–H groups in total. The first-order chi connectivity index (χ1) is 18.7. The summed E-state index contributed by atoms with van der Waals surface area (Å²) < 4.78 is 34.3. The minimum Gasteiger partial charge on any atom is -0.497 e. The minimum atomic E-state index is -4.39. The molecule has 0 amide bonds. The van der Waals surface area contributed by atoms with Gasteiger partial charge in [-0.3, -0.25) is 14.3 Å². The lowest BCUT2D eigenvalue weighted by Crippen LogP contribution is -2.33. The van der Waals surface area contributed by atoms with Crippen LogP contribution in [0.4, 0.5) is 0 Å². The maximum Gasteiger partial charge on any atom is 0.277 e. The third-order valence-corrected chi connectivity index (χ3v) is 8.60. The average Bonchev–Trinajstić information content (AvgIpc) is 2.94. The maximum atomic E-state index is 14.0. The number of ether oxygens (including phenoxy) is 1. The Labute approximate surface area is 228 Å². The Morgan fingerprint density at radius 3 is 2.44 bits per heavy atom. The molecule has 0 bridgehead atoms. The summed E-state index contributed by atoms with van der Waals surface area (Å²) in [7, 11) is -2.83. The van der Waals surface area contributed by atoms with Crippen LogP contribution < -0.4 is 10.3 Å². The molecule has 4 aromatic rings. The number of aryl methyl sites for hydroxylation is 2. The van der Waals surface area contributed by atoms with E-state index in [2.05, 4.69) is 9.97 Å². The van der Waals surface area contributed by atoms with Gasteiger partial charge < -0.3 is 9.84 Å². The highest BCUT2D eigenvalue weighted by atomic mass is 32.2.